The van der Waals surface area contributed by atoms with Crippen LogP contribution >= 0.6 is 0 Å². The topological polar surface area (TPSA) is 12.0 Å². The Morgan fingerprint density at radius 3 is 2.42 bits per heavy atom. The Balaban J connectivity index is 2.27. The molecule has 0 saturated heterocycles. The van der Waals surface area contributed by atoms with Gasteiger partial charge in [-0.3, -0.25) is 0 Å². The van der Waals surface area contributed by atoms with E-state index in [2.05, 4.69) is 75.5 Å². The van der Waals surface area contributed by atoms with Crippen LogP contribution in [-0.4, -0.2) is 12.6 Å². The Morgan fingerprint density at radius 1 is 1.00 bits per heavy atom. The number of benzene rings is 2. The van der Waals surface area contributed by atoms with Crippen LogP contribution in [0.2, 0.25) is 0 Å². The van der Waals surface area contributed by atoms with Gasteiger partial charge in [0.25, 0.3) is 0 Å². The average molecular weight is 255 g/mol. The summed E-state index contributed by atoms with van der Waals surface area (Å²) in [6.45, 7) is 10.2. The standard InChI is InChI=1S/C18H25N/c1-14(2)19-13-12-18(3,4)17-11-7-9-15-8-5-6-10-16(15)17/h5-11,14,19H,12-13H2,1-4H3. The summed E-state index contributed by atoms with van der Waals surface area (Å²) in [5.74, 6) is 0. The normalized spacial score (nSPS) is 12.3. The van der Waals surface area contributed by atoms with Crippen LogP contribution in [0.1, 0.15) is 39.7 Å². The molecular formula is C18H25N. The lowest BCUT2D eigenvalue weighted by molar-refractivity contribution is 0.444. The minimum absolute atomic E-state index is 0.197. The molecule has 0 aromatic heterocycles. The van der Waals surface area contributed by atoms with Gasteiger partial charge in [0.1, 0.15) is 0 Å². The van der Waals surface area contributed by atoms with E-state index in [1.54, 1.807) is 0 Å². The van der Waals surface area contributed by atoms with E-state index < -0.39 is 0 Å². The SMILES string of the molecule is CC(C)NCCC(C)(C)c1cccc2ccccc12. The van der Waals surface area contributed by atoms with Crippen molar-refractivity contribution in [1.82, 2.24) is 5.32 Å². The highest BCUT2D eigenvalue weighted by molar-refractivity contribution is 5.86. The van der Waals surface area contributed by atoms with Gasteiger partial charge in [-0.15, -0.1) is 0 Å². The second-order valence-corrected chi connectivity index (χ2v) is 6.27. The van der Waals surface area contributed by atoms with E-state index >= 15 is 0 Å². The van der Waals surface area contributed by atoms with Gasteiger partial charge >= 0.3 is 0 Å². The van der Waals surface area contributed by atoms with Crippen molar-refractivity contribution in [2.75, 3.05) is 6.54 Å². The van der Waals surface area contributed by atoms with Crippen molar-refractivity contribution in [1.29, 1.82) is 0 Å². The molecule has 0 atom stereocenters. The van der Waals surface area contributed by atoms with Crippen LogP contribution in [0.5, 0.6) is 0 Å². The predicted octanol–water partition coefficient (Wildman–Crippen LogP) is 4.51. The fourth-order valence-electron chi connectivity index (χ4n) is 2.62. The van der Waals surface area contributed by atoms with E-state index in [0.717, 1.165) is 13.0 Å². The molecule has 2 aromatic rings. The van der Waals surface area contributed by atoms with Crippen LogP contribution in [-0.2, 0) is 5.41 Å². The third kappa shape index (κ3) is 3.36. The maximum Gasteiger partial charge on any atom is 0.00103 e. The van der Waals surface area contributed by atoms with Crippen LogP contribution in [0, 0.1) is 0 Å². The molecule has 0 saturated carbocycles. The van der Waals surface area contributed by atoms with Crippen molar-refractivity contribution in [3.8, 4) is 0 Å². The van der Waals surface area contributed by atoms with E-state index in [9.17, 15) is 0 Å². The van der Waals surface area contributed by atoms with Crippen molar-refractivity contribution in [2.45, 2.75) is 45.6 Å². The summed E-state index contributed by atoms with van der Waals surface area (Å²) in [4.78, 5) is 0. The fraction of sp³-hybridized carbons (Fsp3) is 0.444. The first-order chi connectivity index (χ1) is 9.00. The quantitative estimate of drug-likeness (QED) is 0.829. The van der Waals surface area contributed by atoms with Gasteiger partial charge in [-0.25, -0.2) is 0 Å². The Morgan fingerprint density at radius 2 is 1.68 bits per heavy atom. The van der Waals surface area contributed by atoms with Crippen LogP contribution < -0.4 is 5.32 Å². The summed E-state index contributed by atoms with van der Waals surface area (Å²) in [5.41, 5.74) is 1.65. The highest BCUT2D eigenvalue weighted by Crippen LogP contribution is 2.32. The van der Waals surface area contributed by atoms with Crippen molar-refractivity contribution >= 4 is 10.8 Å². The summed E-state index contributed by atoms with van der Waals surface area (Å²) >= 11 is 0. The average Bonchev–Trinajstić information content (AvgIpc) is 2.37. The highest BCUT2D eigenvalue weighted by Gasteiger charge is 2.22. The zero-order valence-electron chi connectivity index (χ0n) is 12.5. The maximum absolute atomic E-state index is 3.52. The molecule has 1 heteroatoms. The predicted molar refractivity (Wildman–Crippen MR) is 84.7 cm³/mol. The summed E-state index contributed by atoms with van der Waals surface area (Å²) in [5, 5.41) is 6.25. The second kappa shape index (κ2) is 5.75. The minimum atomic E-state index is 0.197. The van der Waals surface area contributed by atoms with Gasteiger partial charge in [0, 0.05) is 6.04 Å². The first-order valence-electron chi connectivity index (χ1n) is 7.22. The van der Waals surface area contributed by atoms with Crippen LogP contribution in [0.4, 0.5) is 0 Å². The van der Waals surface area contributed by atoms with E-state index in [4.69, 9.17) is 0 Å². The molecule has 0 aliphatic carbocycles. The maximum atomic E-state index is 3.52. The zero-order chi connectivity index (χ0) is 13.9. The smallest absolute Gasteiger partial charge is 0.00103 e. The van der Waals surface area contributed by atoms with Crippen molar-refractivity contribution in [3.05, 3.63) is 48.0 Å². The number of hydrogen-bond donors (Lipinski definition) is 1. The first kappa shape index (κ1) is 14.1. The van der Waals surface area contributed by atoms with E-state index in [0.29, 0.717) is 6.04 Å². The molecule has 0 heterocycles. The lowest BCUT2D eigenvalue weighted by atomic mass is 9.79. The minimum Gasteiger partial charge on any atom is -0.315 e. The molecule has 1 N–H and O–H groups in total. The molecule has 0 radical (unpaired) electrons. The monoisotopic (exact) mass is 255 g/mol. The number of fused-ring (bicyclic) bond motifs is 1. The molecule has 0 spiro atoms. The molecule has 102 valence electrons. The van der Waals surface area contributed by atoms with Gasteiger partial charge in [0.2, 0.25) is 0 Å². The van der Waals surface area contributed by atoms with Gasteiger partial charge in [-0.05, 0) is 34.7 Å². The van der Waals surface area contributed by atoms with Crippen LogP contribution in [0.25, 0.3) is 10.8 Å². The molecule has 0 aliphatic heterocycles. The summed E-state index contributed by atoms with van der Waals surface area (Å²) in [6.07, 6.45) is 1.15. The summed E-state index contributed by atoms with van der Waals surface area (Å²) in [7, 11) is 0. The summed E-state index contributed by atoms with van der Waals surface area (Å²) < 4.78 is 0. The van der Waals surface area contributed by atoms with Gasteiger partial charge in [-0.2, -0.15) is 0 Å². The molecule has 0 bridgehead atoms. The molecule has 0 unspecified atom stereocenters. The molecule has 2 rings (SSSR count). The number of hydrogen-bond acceptors (Lipinski definition) is 1. The number of rotatable bonds is 5. The second-order valence-electron chi connectivity index (χ2n) is 6.27. The van der Waals surface area contributed by atoms with Crippen molar-refractivity contribution in [3.63, 3.8) is 0 Å². The Labute approximate surface area is 117 Å². The van der Waals surface area contributed by atoms with Crippen molar-refractivity contribution < 1.29 is 0 Å². The van der Waals surface area contributed by atoms with E-state index in [-0.39, 0.29) is 5.41 Å². The molecule has 1 nitrogen and oxygen atoms in total. The Hall–Kier alpha value is -1.34. The van der Waals surface area contributed by atoms with E-state index in [1.165, 1.54) is 16.3 Å². The molecule has 19 heavy (non-hydrogen) atoms. The molecule has 2 aromatic carbocycles. The van der Waals surface area contributed by atoms with Crippen molar-refractivity contribution in [2.24, 2.45) is 0 Å². The largest absolute Gasteiger partial charge is 0.315 e. The number of nitrogens with one attached hydrogen (secondary N) is 1. The van der Waals surface area contributed by atoms with Gasteiger partial charge in [0.05, 0.1) is 0 Å². The zero-order valence-corrected chi connectivity index (χ0v) is 12.5. The Kier molecular flexibility index (Phi) is 4.26. The van der Waals surface area contributed by atoms with Gasteiger partial charge < -0.3 is 5.32 Å². The van der Waals surface area contributed by atoms with Gasteiger partial charge in [0.15, 0.2) is 0 Å². The lowest BCUT2D eigenvalue weighted by Gasteiger charge is -2.27. The lowest BCUT2D eigenvalue weighted by Crippen LogP contribution is -2.29. The third-order valence-electron chi connectivity index (χ3n) is 3.82. The fourth-order valence-corrected chi connectivity index (χ4v) is 2.62. The molecular weight excluding hydrogens is 230 g/mol. The van der Waals surface area contributed by atoms with Gasteiger partial charge in [-0.1, -0.05) is 70.2 Å². The first-order valence-corrected chi connectivity index (χ1v) is 7.22. The van der Waals surface area contributed by atoms with Crippen LogP contribution in [0.3, 0.4) is 0 Å². The molecule has 0 fully saturated rings. The third-order valence-corrected chi connectivity index (χ3v) is 3.82. The molecule has 0 aliphatic rings. The molecule has 0 amide bonds. The highest BCUT2D eigenvalue weighted by atomic mass is 14.9. The van der Waals surface area contributed by atoms with Crippen LogP contribution in [0.15, 0.2) is 42.5 Å². The Bertz CT molecular complexity index is 535. The summed E-state index contributed by atoms with van der Waals surface area (Å²) in [6, 6.07) is 15.9. The van der Waals surface area contributed by atoms with E-state index in [1.807, 2.05) is 0 Å².